The normalized spacial score (nSPS) is 14.9. The van der Waals surface area contributed by atoms with Gasteiger partial charge >= 0.3 is 0 Å². The second-order valence-corrected chi connectivity index (χ2v) is 5.72. The molecule has 1 aliphatic rings. The molecular formula is C15H20N6O2. The third-order valence-electron chi connectivity index (χ3n) is 3.79. The zero-order chi connectivity index (χ0) is 16.4. The van der Waals surface area contributed by atoms with Crippen LogP contribution in [0, 0.1) is 6.92 Å². The first-order chi connectivity index (χ1) is 11.0. The molecule has 0 bridgehead atoms. The van der Waals surface area contributed by atoms with E-state index < -0.39 is 0 Å². The summed E-state index contributed by atoms with van der Waals surface area (Å²) in [5.41, 5.74) is 0.930. The average molecular weight is 316 g/mol. The largest absolute Gasteiger partial charge is 0.363 e. The van der Waals surface area contributed by atoms with Crippen molar-refractivity contribution < 1.29 is 9.32 Å². The van der Waals surface area contributed by atoms with Gasteiger partial charge in [0, 0.05) is 58.1 Å². The molecule has 8 nitrogen and oxygen atoms in total. The van der Waals surface area contributed by atoms with Crippen LogP contribution in [0.4, 0.5) is 11.8 Å². The highest BCUT2D eigenvalue weighted by Gasteiger charge is 2.25. The Morgan fingerprint density at radius 1 is 1.22 bits per heavy atom. The van der Waals surface area contributed by atoms with Crippen LogP contribution in [0.25, 0.3) is 0 Å². The van der Waals surface area contributed by atoms with Crippen molar-refractivity contribution in [1.29, 1.82) is 0 Å². The fourth-order valence-corrected chi connectivity index (χ4v) is 2.50. The van der Waals surface area contributed by atoms with Crippen molar-refractivity contribution in [2.24, 2.45) is 0 Å². The number of amides is 1. The molecule has 1 saturated heterocycles. The van der Waals surface area contributed by atoms with E-state index in [1.165, 1.54) is 6.20 Å². The van der Waals surface area contributed by atoms with Gasteiger partial charge in [0.15, 0.2) is 0 Å². The average Bonchev–Trinajstić information content (AvgIpc) is 3.08. The predicted octanol–water partition coefficient (Wildman–Crippen LogP) is 0.801. The SMILES string of the molecule is Cc1cc(N(C)C)nc(N2CCN(C(=O)c3ccno3)CC2)n1. The fraction of sp³-hybridized carbons (Fsp3) is 0.467. The second kappa shape index (κ2) is 6.23. The third-order valence-corrected chi connectivity index (χ3v) is 3.79. The molecule has 0 unspecified atom stereocenters. The highest BCUT2D eigenvalue weighted by Crippen LogP contribution is 2.18. The molecular weight excluding hydrogens is 296 g/mol. The van der Waals surface area contributed by atoms with Crippen molar-refractivity contribution >= 4 is 17.7 Å². The number of piperazine rings is 1. The van der Waals surface area contributed by atoms with Crippen LogP contribution in [0.5, 0.6) is 0 Å². The van der Waals surface area contributed by atoms with E-state index in [4.69, 9.17) is 4.52 Å². The van der Waals surface area contributed by atoms with Crippen LogP contribution in [-0.4, -0.2) is 66.2 Å². The Labute approximate surface area is 134 Å². The molecule has 0 aromatic carbocycles. The number of aryl methyl sites for hydroxylation is 1. The summed E-state index contributed by atoms with van der Waals surface area (Å²) in [5.74, 6) is 1.74. The van der Waals surface area contributed by atoms with Crippen LogP contribution in [0.15, 0.2) is 22.9 Å². The maximum absolute atomic E-state index is 12.2. The summed E-state index contributed by atoms with van der Waals surface area (Å²) in [7, 11) is 3.92. The van der Waals surface area contributed by atoms with Crippen molar-refractivity contribution in [1.82, 2.24) is 20.0 Å². The predicted molar refractivity (Wildman–Crippen MR) is 85.7 cm³/mol. The molecule has 0 saturated carbocycles. The van der Waals surface area contributed by atoms with Gasteiger partial charge in [-0.05, 0) is 6.92 Å². The van der Waals surface area contributed by atoms with Gasteiger partial charge < -0.3 is 19.2 Å². The van der Waals surface area contributed by atoms with Gasteiger partial charge in [-0.15, -0.1) is 0 Å². The molecule has 0 radical (unpaired) electrons. The van der Waals surface area contributed by atoms with Crippen molar-refractivity contribution in [3.05, 3.63) is 29.8 Å². The number of carbonyl (C=O) groups excluding carboxylic acids is 1. The third kappa shape index (κ3) is 3.25. The van der Waals surface area contributed by atoms with Crippen LogP contribution in [-0.2, 0) is 0 Å². The molecule has 3 heterocycles. The van der Waals surface area contributed by atoms with Gasteiger partial charge in [0.05, 0.1) is 6.20 Å². The molecule has 1 aliphatic heterocycles. The summed E-state index contributed by atoms with van der Waals surface area (Å²) in [6.07, 6.45) is 1.48. The molecule has 23 heavy (non-hydrogen) atoms. The first kappa shape index (κ1) is 15.3. The Morgan fingerprint density at radius 2 is 1.96 bits per heavy atom. The van der Waals surface area contributed by atoms with Crippen LogP contribution in [0.1, 0.15) is 16.2 Å². The Hall–Kier alpha value is -2.64. The Kier molecular flexibility index (Phi) is 4.14. The first-order valence-corrected chi connectivity index (χ1v) is 7.52. The molecule has 0 aliphatic carbocycles. The maximum Gasteiger partial charge on any atom is 0.292 e. The summed E-state index contributed by atoms with van der Waals surface area (Å²) in [6, 6.07) is 3.54. The highest BCUT2D eigenvalue weighted by atomic mass is 16.5. The van der Waals surface area contributed by atoms with Crippen molar-refractivity contribution in [3.63, 3.8) is 0 Å². The van der Waals surface area contributed by atoms with Gasteiger partial charge in [0.25, 0.3) is 5.91 Å². The number of aromatic nitrogens is 3. The minimum atomic E-state index is -0.124. The highest BCUT2D eigenvalue weighted by molar-refractivity contribution is 5.91. The van der Waals surface area contributed by atoms with E-state index in [1.54, 1.807) is 11.0 Å². The van der Waals surface area contributed by atoms with Crippen LogP contribution in [0.2, 0.25) is 0 Å². The zero-order valence-corrected chi connectivity index (χ0v) is 13.6. The second-order valence-electron chi connectivity index (χ2n) is 5.72. The molecule has 0 N–H and O–H groups in total. The van der Waals surface area contributed by atoms with E-state index >= 15 is 0 Å². The van der Waals surface area contributed by atoms with E-state index in [1.807, 2.05) is 32.0 Å². The Balaban J connectivity index is 1.68. The lowest BCUT2D eigenvalue weighted by Crippen LogP contribution is -2.49. The number of rotatable bonds is 3. The monoisotopic (exact) mass is 316 g/mol. The Bertz CT molecular complexity index is 677. The van der Waals surface area contributed by atoms with Crippen LogP contribution < -0.4 is 9.80 Å². The molecule has 2 aromatic heterocycles. The number of carbonyl (C=O) groups is 1. The van der Waals surface area contributed by atoms with Crippen molar-refractivity contribution in [3.8, 4) is 0 Å². The van der Waals surface area contributed by atoms with Gasteiger partial charge in [-0.2, -0.15) is 4.98 Å². The van der Waals surface area contributed by atoms with E-state index in [9.17, 15) is 4.79 Å². The maximum atomic E-state index is 12.2. The lowest BCUT2D eigenvalue weighted by atomic mass is 10.3. The van der Waals surface area contributed by atoms with Gasteiger partial charge in [0.2, 0.25) is 11.7 Å². The minimum absolute atomic E-state index is 0.124. The molecule has 8 heteroatoms. The molecule has 1 amide bonds. The number of anilines is 2. The summed E-state index contributed by atoms with van der Waals surface area (Å²) in [6.45, 7) is 4.55. The van der Waals surface area contributed by atoms with Crippen molar-refractivity contribution in [2.75, 3.05) is 50.1 Å². The van der Waals surface area contributed by atoms with E-state index in [0.717, 1.165) is 11.5 Å². The standard InChI is InChI=1S/C15H20N6O2/c1-11-10-13(19(2)3)18-15(17-11)21-8-6-20(7-9-21)14(22)12-4-5-16-23-12/h4-5,10H,6-9H2,1-3H3. The van der Waals surface area contributed by atoms with Gasteiger partial charge in [-0.1, -0.05) is 5.16 Å². The van der Waals surface area contributed by atoms with Crippen LogP contribution in [0.3, 0.4) is 0 Å². The van der Waals surface area contributed by atoms with Gasteiger partial charge in [-0.3, -0.25) is 4.79 Å². The van der Waals surface area contributed by atoms with Gasteiger partial charge in [0.1, 0.15) is 5.82 Å². The lowest BCUT2D eigenvalue weighted by Gasteiger charge is -2.34. The minimum Gasteiger partial charge on any atom is -0.363 e. The molecule has 0 spiro atoms. The number of nitrogens with zero attached hydrogens (tertiary/aromatic N) is 6. The van der Waals surface area contributed by atoms with Gasteiger partial charge in [-0.25, -0.2) is 4.98 Å². The lowest BCUT2D eigenvalue weighted by molar-refractivity contribution is 0.0704. The fourth-order valence-electron chi connectivity index (χ4n) is 2.50. The van der Waals surface area contributed by atoms with Crippen LogP contribution >= 0.6 is 0 Å². The first-order valence-electron chi connectivity index (χ1n) is 7.52. The smallest absolute Gasteiger partial charge is 0.292 e. The Morgan fingerprint density at radius 3 is 2.57 bits per heavy atom. The molecule has 2 aromatic rings. The van der Waals surface area contributed by atoms with Crippen molar-refractivity contribution in [2.45, 2.75) is 6.92 Å². The summed E-state index contributed by atoms with van der Waals surface area (Å²) in [5, 5.41) is 3.58. The number of hydrogen-bond donors (Lipinski definition) is 0. The topological polar surface area (TPSA) is 78.6 Å². The summed E-state index contributed by atoms with van der Waals surface area (Å²) >= 11 is 0. The quantitative estimate of drug-likeness (QED) is 0.828. The summed E-state index contributed by atoms with van der Waals surface area (Å²) < 4.78 is 4.93. The van der Waals surface area contributed by atoms with E-state index in [-0.39, 0.29) is 11.7 Å². The zero-order valence-electron chi connectivity index (χ0n) is 13.6. The molecule has 1 fully saturated rings. The van der Waals surface area contributed by atoms with E-state index in [0.29, 0.717) is 32.1 Å². The summed E-state index contributed by atoms with van der Waals surface area (Å²) in [4.78, 5) is 27.2. The number of hydrogen-bond acceptors (Lipinski definition) is 7. The molecule has 3 rings (SSSR count). The molecule has 0 atom stereocenters. The van der Waals surface area contributed by atoms with E-state index in [2.05, 4.69) is 20.0 Å². The molecule has 122 valence electrons.